The molecule has 0 N–H and O–H groups in total. The van der Waals surface area contributed by atoms with Crippen LogP contribution in [0.2, 0.25) is 0 Å². The topological polar surface area (TPSA) is 12.5 Å². The molecule has 0 radical (unpaired) electrons. The van der Waals surface area contributed by atoms with E-state index in [1.54, 1.807) is 0 Å². The first kappa shape index (κ1) is 28.1. The number of fused-ring (bicyclic) bond motifs is 3. The molecule has 0 amide bonds. The van der Waals surface area contributed by atoms with Crippen LogP contribution in [-0.2, 0) is 5.60 Å². The molecule has 0 saturated carbocycles. The fraction of sp³-hybridized carbons (Fsp3) is 0.0233. The first-order valence-corrected chi connectivity index (χ1v) is 16.3. The van der Waals surface area contributed by atoms with Gasteiger partial charge in [0.2, 0.25) is 0 Å². The number of para-hydroxylation sites is 2. The second kappa shape index (κ2) is 11.8. The largest absolute Gasteiger partial charge is 0.472 e. The Bertz CT molecular complexity index is 2120. The highest BCUT2D eigenvalue weighted by Gasteiger charge is 2.37. The number of benzene rings is 7. The molecule has 0 fully saturated rings. The van der Waals surface area contributed by atoms with Crippen LogP contribution in [0.4, 0.5) is 17.1 Å². The Labute approximate surface area is 278 Å². The number of hydrogen-bond donors (Lipinski definition) is 0. The van der Waals surface area contributed by atoms with Gasteiger partial charge in [-0.15, -0.1) is 0 Å². The SMILES string of the molecule is Brc1ccc(C2(c3ccccc3)C=Cc3cc(-c4ccc(N(c5ccccc5)c5ccccc5)cc4)c4ccccc4c3O2)cc1. The van der Waals surface area contributed by atoms with Crippen LogP contribution < -0.4 is 9.64 Å². The standard InChI is InChI=1S/C43H30BrNO/c44-35-24-22-34(23-25-35)43(33-12-4-1-5-13-33)29-28-32-30-41(39-18-10-11-19-40(39)42(32)46-43)31-20-26-38(27-21-31)45(36-14-6-2-7-15-36)37-16-8-3-9-17-37/h1-30H. The fourth-order valence-corrected chi connectivity index (χ4v) is 6.76. The van der Waals surface area contributed by atoms with Crippen LogP contribution in [0.5, 0.6) is 5.75 Å². The van der Waals surface area contributed by atoms with Crippen molar-refractivity contribution in [2.45, 2.75) is 5.60 Å². The fourth-order valence-electron chi connectivity index (χ4n) is 6.50. The minimum absolute atomic E-state index is 0.751. The van der Waals surface area contributed by atoms with Crippen LogP contribution in [0.3, 0.4) is 0 Å². The van der Waals surface area contributed by atoms with Crippen LogP contribution in [0.15, 0.2) is 180 Å². The summed E-state index contributed by atoms with van der Waals surface area (Å²) in [6.45, 7) is 0. The molecule has 2 nitrogen and oxygen atoms in total. The molecule has 220 valence electrons. The predicted molar refractivity (Wildman–Crippen MR) is 195 cm³/mol. The molecule has 0 bridgehead atoms. The molecule has 1 aliphatic rings. The molecule has 7 aromatic carbocycles. The lowest BCUT2D eigenvalue weighted by atomic mass is 9.82. The van der Waals surface area contributed by atoms with Crippen molar-refractivity contribution in [1.82, 2.24) is 0 Å². The van der Waals surface area contributed by atoms with Gasteiger partial charge in [0.25, 0.3) is 0 Å². The van der Waals surface area contributed by atoms with Gasteiger partial charge in [-0.25, -0.2) is 0 Å². The quantitative estimate of drug-likeness (QED) is 0.177. The van der Waals surface area contributed by atoms with Crippen LogP contribution in [0.1, 0.15) is 16.7 Å². The van der Waals surface area contributed by atoms with Crippen molar-refractivity contribution < 1.29 is 4.74 Å². The molecule has 8 rings (SSSR count). The normalized spacial score (nSPS) is 15.2. The van der Waals surface area contributed by atoms with Gasteiger partial charge in [-0.05, 0) is 77.2 Å². The third-order valence-electron chi connectivity index (χ3n) is 8.73. The van der Waals surface area contributed by atoms with Gasteiger partial charge < -0.3 is 9.64 Å². The van der Waals surface area contributed by atoms with Crippen LogP contribution in [-0.4, -0.2) is 0 Å². The third-order valence-corrected chi connectivity index (χ3v) is 9.25. The van der Waals surface area contributed by atoms with E-state index in [4.69, 9.17) is 4.74 Å². The number of ether oxygens (including phenoxy) is 1. The van der Waals surface area contributed by atoms with Crippen LogP contribution in [0.25, 0.3) is 28.0 Å². The maximum Gasteiger partial charge on any atom is 0.178 e. The van der Waals surface area contributed by atoms with Crippen molar-refractivity contribution in [3.63, 3.8) is 0 Å². The van der Waals surface area contributed by atoms with Crippen molar-refractivity contribution in [2.75, 3.05) is 4.90 Å². The van der Waals surface area contributed by atoms with Crippen molar-refractivity contribution in [2.24, 2.45) is 0 Å². The van der Waals surface area contributed by atoms with Crippen LogP contribution in [0, 0.1) is 0 Å². The summed E-state index contributed by atoms with van der Waals surface area (Å²) in [7, 11) is 0. The second-order valence-electron chi connectivity index (χ2n) is 11.5. The Morgan fingerprint density at radius 2 is 1.02 bits per heavy atom. The summed E-state index contributed by atoms with van der Waals surface area (Å²) in [4.78, 5) is 2.29. The van der Waals surface area contributed by atoms with Crippen molar-refractivity contribution in [3.05, 3.63) is 197 Å². The summed E-state index contributed by atoms with van der Waals surface area (Å²) < 4.78 is 8.21. The van der Waals surface area contributed by atoms with E-state index >= 15 is 0 Å². The monoisotopic (exact) mass is 655 g/mol. The lowest BCUT2D eigenvalue weighted by Gasteiger charge is -2.37. The second-order valence-corrected chi connectivity index (χ2v) is 12.4. The zero-order valence-electron chi connectivity index (χ0n) is 25.1. The maximum absolute atomic E-state index is 7.18. The molecule has 0 saturated heterocycles. The first-order chi connectivity index (χ1) is 22.7. The summed E-state index contributed by atoms with van der Waals surface area (Å²) >= 11 is 3.61. The summed E-state index contributed by atoms with van der Waals surface area (Å²) in [6, 6.07) is 59.7. The highest BCUT2D eigenvalue weighted by Crippen LogP contribution is 2.47. The zero-order valence-corrected chi connectivity index (χ0v) is 26.6. The van der Waals surface area contributed by atoms with Gasteiger partial charge in [-0.3, -0.25) is 0 Å². The van der Waals surface area contributed by atoms with Crippen LogP contribution >= 0.6 is 15.9 Å². The summed E-state index contributed by atoms with van der Waals surface area (Å²) in [5.74, 6) is 0.893. The third kappa shape index (κ3) is 4.99. The number of nitrogens with zero attached hydrogens (tertiary/aromatic N) is 1. The average molecular weight is 657 g/mol. The van der Waals surface area contributed by atoms with Crippen molar-refractivity contribution in [1.29, 1.82) is 0 Å². The molecule has 7 aromatic rings. The van der Waals surface area contributed by atoms with Gasteiger partial charge in [-0.2, -0.15) is 0 Å². The van der Waals surface area contributed by atoms with E-state index in [1.807, 2.05) is 6.07 Å². The molecule has 46 heavy (non-hydrogen) atoms. The van der Waals surface area contributed by atoms with E-state index in [2.05, 4.69) is 197 Å². The van der Waals surface area contributed by atoms with Gasteiger partial charge in [0.15, 0.2) is 5.60 Å². The Morgan fingerprint density at radius 1 is 0.500 bits per heavy atom. The first-order valence-electron chi connectivity index (χ1n) is 15.5. The van der Waals surface area contributed by atoms with Crippen molar-refractivity contribution >= 4 is 49.8 Å². The molecule has 1 atom stereocenters. The van der Waals surface area contributed by atoms with Crippen molar-refractivity contribution in [3.8, 4) is 16.9 Å². The van der Waals surface area contributed by atoms with E-state index < -0.39 is 5.60 Å². The van der Waals surface area contributed by atoms with Gasteiger partial charge >= 0.3 is 0 Å². The molecular weight excluding hydrogens is 626 g/mol. The zero-order chi connectivity index (χ0) is 30.9. The Morgan fingerprint density at radius 3 is 1.65 bits per heavy atom. The average Bonchev–Trinajstić information content (AvgIpc) is 3.13. The molecule has 0 aromatic heterocycles. The number of rotatable bonds is 6. The summed E-state index contributed by atoms with van der Waals surface area (Å²) in [6.07, 6.45) is 4.43. The minimum Gasteiger partial charge on any atom is -0.472 e. The molecule has 1 heterocycles. The van der Waals surface area contributed by atoms with Gasteiger partial charge in [0.05, 0.1) is 0 Å². The Kier molecular flexibility index (Phi) is 7.24. The molecule has 0 aliphatic carbocycles. The molecule has 1 unspecified atom stereocenters. The molecule has 3 heteroatoms. The predicted octanol–water partition coefficient (Wildman–Crippen LogP) is 12.1. The highest BCUT2D eigenvalue weighted by atomic mass is 79.9. The number of halogens is 1. The van der Waals surface area contributed by atoms with E-state index in [0.717, 1.165) is 60.3 Å². The lowest BCUT2D eigenvalue weighted by molar-refractivity contribution is 0.163. The lowest BCUT2D eigenvalue weighted by Crippen LogP contribution is -2.34. The van der Waals surface area contributed by atoms with Gasteiger partial charge in [-0.1, -0.05) is 137 Å². The number of hydrogen-bond acceptors (Lipinski definition) is 2. The molecule has 1 aliphatic heterocycles. The number of anilines is 3. The molecule has 0 spiro atoms. The summed E-state index contributed by atoms with van der Waals surface area (Å²) in [5.41, 5.74) is 8.16. The Hall–Kier alpha value is -5.38. The van der Waals surface area contributed by atoms with E-state index in [1.165, 1.54) is 5.56 Å². The van der Waals surface area contributed by atoms with E-state index in [9.17, 15) is 0 Å². The minimum atomic E-state index is -0.751. The summed E-state index contributed by atoms with van der Waals surface area (Å²) in [5, 5.41) is 2.25. The van der Waals surface area contributed by atoms with Gasteiger partial charge in [0, 0.05) is 43.6 Å². The smallest absolute Gasteiger partial charge is 0.178 e. The van der Waals surface area contributed by atoms with E-state index in [0.29, 0.717) is 0 Å². The van der Waals surface area contributed by atoms with Gasteiger partial charge in [0.1, 0.15) is 5.75 Å². The molecular formula is C43H30BrNO. The van der Waals surface area contributed by atoms with E-state index in [-0.39, 0.29) is 0 Å². The highest BCUT2D eigenvalue weighted by molar-refractivity contribution is 9.10. The Balaban J connectivity index is 1.24. The maximum atomic E-state index is 7.18.